The topological polar surface area (TPSA) is 12.0 Å². The van der Waals surface area contributed by atoms with Gasteiger partial charge in [-0.05, 0) is 38.0 Å². The molecule has 2 aliphatic rings. The first-order valence-corrected chi connectivity index (χ1v) is 6.40. The van der Waals surface area contributed by atoms with E-state index in [1.807, 2.05) is 0 Å². The maximum absolute atomic E-state index is 12.6. The van der Waals surface area contributed by atoms with Crippen molar-refractivity contribution < 1.29 is 13.2 Å². The fourth-order valence-corrected chi connectivity index (χ4v) is 3.13. The summed E-state index contributed by atoms with van der Waals surface area (Å²) in [5.41, 5.74) is 0. The molecular weight excluding hydrogens is 215 g/mol. The van der Waals surface area contributed by atoms with Gasteiger partial charge in [0, 0.05) is 6.04 Å². The normalized spacial score (nSPS) is 33.9. The van der Waals surface area contributed by atoms with Gasteiger partial charge in [-0.2, -0.15) is 13.2 Å². The summed E-state index contributed by atoms with van der Waals surface area (Å²) >= 11 is 0. The van der Waals surface area contributed by atoms with Crippen LogP contribution in [0.5, 0.6) is 0 Å². The molecule has 2 rings (SSSR count). The molecule has 4 heteroatoms. The Morgan fingerprint density at radius 1 is 0.812 bits per heavy atom. The van der Waals surface area contributed by atoms with Crippen LogP contribution in [0.1, 0.15) is 51.4 Å². The van der Waals surface area contributed by atoms with Gasteiger partial charge in [0.15, 0.2) is 0 Å². The number of alkyl halides is 3. The molecule has 0 amide bonds. The molecule has 1 saturated carbocycles. The van der Waals surface area contributed by atoms with E-state index in [0.717, 1.165) is 25.7 Å². The van der Waals surface area contributed by atoms with Crippen molar-refractivity contribution in [3.63, 3.8) is 0 Å². The van der Waals surface area contributed by atoms with Crippen molar-refractivity contribution >= 4 is 0 Å². The summed E-state index contributed by atoms with van der Waals surface area (Å²) in [6, 6.07) is -1.14. The molecule has 0 aromatic carbocycles. The first-order chi connectivity index (χ1) is 7.57. The van der Waals surface area contributed by atoms with Crippen molar-refractivity contribution in [2.24, 2.45) is 5.92 Å². The van der Waals surface area contributed by atoms with Crippen LogP contribution in [0, 0.1) is 5.92 Å². The third kappa shape index (κ3) is 2.90. The van der Waals surface area contributed by atoms with E-state index in [-0.39, 0.29) is 12.5 Å². The summed E-state index contributed by atoms with van der Waals surface area (Å²) in [5, 5.41) is 2.84. The van der Waals surface area contributed by atoms with Gasteiger partial charge in [-0.15, -0.1) is 0 Å². The lowest BCUT2D eigenvalue weighted by Crippen LogP contribution is -2.53. The maximum Gasteiger partial charge on any atom is 0.403 e. The Bertz CT molecular complexity index is 221. The standard InChI is InChI=1S/C12H20F3N/c13-12(14,15)11-8-4-7-10(16-11)9-5-2-1-3-6-9/h9-11,16H,1-8H2. The molecule has 16 heavy (non-hydrogen) atoms. The Balaban J connectivity index is 1.90. The molecule has 1 N–H and O–H groups in total. The molecule has 2 fully saturated rings. The van der Waals surface area contributed by atoms with Crippen molar-refractivity contribution in [2.45, 2.75) is 69.6 Å². The number of hydrogen-bond donors (Lipinski definition) is 1. The Morgan fingerprint density at radius 3 is 2.12 bits per heavy atom. The van der Waals surface area contributed by atoms with E-state index in [1.165, 1.54) is 19.3 Å². The molecule has 0 bridgehead atoms. The number of rotatable bonds is 1. The van der Waals surface area contributed by atoms with Gasteiger partial charge in [0.25, 0.3) is 0 Å². The monoisotopic (exact) mass is 235 g/mol. The molecule has 1 aliphatic carbocycles. The van der Waals surface area contributed by atoms with Crippen LogP contribution in [0.4, 0.5) is 13.2 Å². The largest absolute Gasteiger partial charge is 0.403 e. The van der Waals surface area contributed by atoms with Gasteiger partial charge in [0.1, 0.15) is 6.04 Å². The lowest BCUT2D eigenvalue weighted by atomic mass is 9.80. The molecule has 2 atom stereocenters. The van der Waals surface area contributed by atoms with Crippen molar-refractivity contribution in [2.75, 3.05) is 0 Å². The molecule has 94 valence electrons. The first kappa shape index (κ1) is 12.2. The molecule has 1 heterocycles. The van der Waals surface area contributed by atoms with E-state index < -0.39 is 12.2 Å². The van der Waals surface area contributed by atoms with E-state index in [1.54, 1.807) is 0 Å². The van der Waals surface area contributed by atoms with E-state index in [9.17, 15) is 13.2 Å². The quantitative estimate of drug-likeness (QED) is 0.731. The summed E-state index contributed by atoms with van der Waals surface area (Å²) in [6.45, 7) is 0. The highest BCUT2D eigenvalue weighted by atomic mass is 19.4. The highest BCUT2D eigenvalue weighted by molar-refractivity contribution is 4.89. The Morgan fingerprint density at radius 2 is 1.50 bits per heavy atom. The van der Waals surface area contributed by atoms with Crippen molar-refractivity contribution in [1.82, 2.24) is 5.32 Å². The van der Waals surface area contributed by atoms with Gasteiger partial charge >= 0.3 is 6.18 Å². The lowest BCUT2D eigenvalue weighted by molar-refractivity contribution is -0.164. The number of nitrogens with one attached hydrogen (secondary N) is 1. The second-order valence-corrected chi connectivity index (χ2v) is 5.20. The van der Waals surface area contributed by atoms with E-state index in [4.69, 9.17) is 0 Å². The Labute approximate surface area is 94.8 Å². The predicted octanol–water partition coefficient (Wildman–Crippen LogP) is 3.64. The van der Waals surface area contributed by atoms with Gasteiger partial charge in [0.05, 0.1) is 0 Å². The number of halogens is 3. The van der Waals surface area contributed by atoms with Crippen molar-refractivity contribution in [3.8, 4) is 0 Å². The second-order valence-electron chi connectivity index (χ2n) is 5.20. The molecule has 1 saturated heterocycles. The summed E-state index contributed by atoms with van der Waals surface area (Å²) in [5.74, 6) is 0.485. The smallest absolute Gasteiger partial charge is 0.303 e. The minimum atomic E-state index is -4.06. The second kappa shape index (κ2) is 4.94. The van der Waals surface area contributed by atoms with Gasteiger partial charge in [0.2, 0.25) is 0 Å². The van der Waals surface area contributed by atoms with E-state index >= 15 is 0 Å². The van der Waals surface area contributed by atoms with Crippen molar-refractivity contribution in [3.05, 3.63) is 0 Å². The van der Waals surface area contributed by atoms with Gasteiger partial charge < -0.3 is 5.32 Å². The van der Waals surface area contributed by atoms with Crippen LogP contribution in [0.25, 0.3) is 0 Å². The third-order valence-corrected chi connectivity index (χ3v) is 4.04. The summed E-state index contributed by atoms with van der Waals surface area (Å²) in [4.78, 5) is 0. The Kier molecular flexibility index (Phi) is 3.77. The minimum Gasteiger partial charge on any atom is -0.303 e. The summed E-state index contributed by atoms with van der Waals surface area (Å²) < 4.78 is 37.9. The SMILES string of the molecule is FC(F)(F)C1CCCC(C2CCCCC2)N1. The zero-order chi connectivity index (χ0) is 11.6. The maximum atomic E-state index is 12.6. The zero-order valence-corrected chi connectivity index (χ0v) is 9.52. The van der Waals surface area contributed by atoms with Crippen LogP contribution in [0.3, 0.4) is 0 Å². The highest BCUT2D eigenvalue weighted by Gasteiger charge is 2.43. The van der Waals surface area contributed by atoms with E-state index in [0.29, 0.717) is 5.92 Å². The van der Waals surface area contributed by atoms with Gasteiger partial charge in [-0.25, -0.2) is 0 Å². The summed E-state index contributed by atoms with van der Waals surface area (Å²) in [7, 11) is 0. The van der Waals surface area contributed by atoms with Crippen LogP contribution in [0.2, 0.25) is 0 Å². The number of piperidine rings is 1. The van der Waals surface area contributed by atoms with Gasteiger partial charge in [-0.1, -0.05) is 19.3 Å². The van der Waals surface area contributed by atoms with Crippen LogP contribution < -0.4 is 5.32 Å². The fourth-order valence-electron chi connectivity index (χ4n) is 3.13. The van der Waals surface area contributed by atoms with Crippen LogP contribution in [-0.2, 0) is 0 Å². The third-order valence-electron chi connectivity index (χ3n) is 4.04. The van der Waals surface area contributed by atoms with Gasteiger partial charge in [-0.3, -0.25) is 0 Å². The number of hydrogen-bond acceptors (Lipinski definition) is 1. The predicted molar refractivity (Wildman–Crippen MR) is 57.2 cm³/mol. The summed E-state index contributed by atoms with van der Waals surface area (Å²) in [6.07, 6.45) is 3.71. The lowest BCUT2D eigenvalue weighted by Gasteiger charge is -2.38. The Hall–Kier alpha value is -0.250. The first-order valence-electron chi connectivity index (χ1n) is 6.40. The average molecular weight is 235 g/mol. The molecule has 2 unspecified atom stereocenters. The fraction of sp³-hybridized carbons (Fsp3) is 1.00. The molecule has 0 aromatic rings. The van der Waals surface area contributed by atoms with Crippen molar-refractivity contribution in [1.29, 1.82) is 0 Å². The van der Waals surface area contributed by atoms with E-state index in [2.05, 4.69) is 5.32 Å². The molecule has 1 aliphatic heterocycles. The average Bonchev–Trinajstić information content (AvgIpc) is 2.29. The minimum absolute atomic E-state index is 0.112. The molecule has 0 spiro atoms. The van der Waals surface area contributed by atoms with Crippen LogP contribution in [-0.4, -0.2) is 18.3 Å². The van der Waals surface area contributed by atoms with Crippen LogP contribution in [0.15, 0.2) is 0 Å². The molecule has 0 radical (unpaired) electrons. The molecule has 1 nitrogen and oxygen atoms in total. The van der Waals surface area contributed by atoms with Crippen LogP contribution >= 0.6 is 0 Å². The molecular formula is C12H20F3N. The zero-order valence-electron chi connectivity index (χ0n) is 9.52. The molecule has 0 aromatic heterocycles. The highest BCUT2D eigenvalue weighted by Crippen LogP contribution is 2.34.